The van der Waals surface area contributed by atoms with E-state index in [1.54, 1.807) is 27.7 Å². The monoisotopic (exact) mass is 756 g/mol. The third kappa shape index (κ3) is 8.79. The highest BCUT2D eigenvalue weighted by Crippen LogP contribution is 2.48. The van der Waals surface area contributed by atoms with Crippen LogP contribution < -0.4 is 0 Å². The number of nitrogens with zero attached hydrogens (tertiary/aromatic N) is 1. The van der Waals surface area contributed by atoms with E-state index in [0.717, 1.165) is 0 Å². The number of cyclic esters (lactones) is 1. The first kappa shape index (κ1) is 44.3. The van der Waals surface area contributed by atoms with Crippen LogP contribution in [0.1, 0.15) is 94.9 Å². The second kappa shape index (κ2) is 16.6. The number of aliphatic hydroxyl groups is 4. The number of likely N-dealkylation sites (N-methyl/N-ethyl adjacent to an activating group) is 1. The van der Waals surface area contributed by atoms with E-state index in [9.17, 15) is 25.2 Å². The molecule has 0 aliphatic carbocycles. The Balaban J connectivity index is 1.85. The topological polar surface area (TPSA) is 163 Å². The molecule has 13 nitrogen and oxygen atoms in total. The van der Waals surface area contributed by atoms with Crippen molar-refractivity contribution in [2.24, 2.45) is 23.7 Å². The lowest BCUT2D eigenvalue weighted by atomic mass is 9.76. The summed E-state index contributed by atoms with van der Waals surface area (Å²) >= 11 is 0. The van der Waals surface area contributed by atoms with Gasteiger partial charge in [-0.2, -0.15) is 0 Å². The van der Waals surface area contributed by atoms with Crippen LogP contribution in [0.15, 0.2) is 0 Å². The van der Waals surface area contributed by atoms with Crippen molar-refractivity contribution >= 4 is 5.97 Å². The first-order chi connectivity index (χ1) is 24.5. The van der Waals surface area contributed by atoms with Crippen LogP contribution in [-0.4, -0.2) is 149 Å². The van der Waals surface area contributed by atoms with Gasteiger partial charge in [0, 0.05) is 31.8 Å². The van der Waals surface area contributed by atoms with Gasteiger partial charge in [-0.25, -0.2) is 0 Å². The summed E-state index contributed by atoms with van der Waals surface area (Å²) in [5.74, 6) is -0.0975. The van der Waals surface area contributed by atoms with E-state index in [1.165, 1.54) is 14.0 Å². The molecular weight excluding hydrogens is 686 g/mol. The molecule has 0 aromatic rings. The number of hydrogen-bond acceptors (Lipinski definition) is 12. The van der Waals surface area contributed by atoms with Crippen molar-refractivity contribution in [3.05, 3.63) is 0 Å². The predicted octanol–water partition coefficient (Wildman–Crippen LogP) is 2.77. The molecule has 19 atom stereocenters. The standard InChI is InChI=1S/C40H70NO12/c1-15-17-41(12,13)27-18-22(4)48-37(30(27)42)52-35-24(6)32(51-29-20-38(9,47-14)34(44)26(8)49-29)25(7)36(45)50-28(16-2)40(11,46)33(43)23(5)31-21(3)19-39(35,10)53-31/h1,21-35,37,42-44,46H,16-20H2,2-14H3/q+1/t21-,22?,23+,24?,25?,26?,27?,28?,29?,30?,31?,32?,33-,34?,35-,37?,38?,39+,40-/m1/s1. The molecule has 13 heteroatoms. The predicted molar refractivity (Wildman–Crippen MR) is 196 cm³/mol. The minimum atomic E-state index is -1.80. The van der Waals surface area contributed by atoms with Gasteiger partial charge in [0.25, 0.3) is 0 Å². The summed E-state index contributed by atoms with van der Waals surface area (Å²) in [6, 6.07) is -0.298. The zero-order valence-corrected chi connectivity index (χ0v) is 34.4. The smallest absolute Gasteiger partial charge is 0.311 e. The van der Waals surface area contributed by atoms with Crippen molar-refractivity contribution in [1.82, 2.24) is 0 Å². The summed E-state index contributed by atoms with van der Waals surface area (Å²) in [6.45, 7) is 18.6. The van der Waals surface area contributed by atoms with Gasteiger partial charge in [0.2, 0.25) is 0 Å². The maximum atomic E-state index is 14.2. The summed E-state index contributed by atoms with van der Waals surface area (Å²) in [6.07, 6.45) is -2.25. The minimum absolute atomic E-state index is 0.0809. The van der Waals surface area contributed by atoms with Gasteiger partial charge in [0.1, 0.15) is 30.4 Å². The van der Waals surface area contributed by atoms with Crippen LogP contribution in [0, 0.1) is 36.0 Å². The fourth-order valence-corrected chi connectivity index (χ4v) is 9.74. The molecule has 4 aliphatic heterocycles. The van der Waals surface area contributed by atoms with E-state index in [1.807, 2.05) is 48.7 Å². The summed E-state index contributed by atoms with van der Waals surface area (Å²) in [7, 11) is 5.49. The molecule has 0 saturated carbocycles. The molecule has 2 bridgehead atoms. The quantitative estimate of drug-likeness (QED) is 0.163. The molecule has 0 amide bonds. The maximum absolute atomic E-state index is 14.2. The Kier molecular flexibility index (Phi) is 13.9. The van der Waals surface area contributed by atoms with Gasteiger partial charge in [-0.3, -0.25) is 4.79 Å². The molecule has 0 aromatic carbocycles. The molecule has 0 spiro atoms. The minimum Gasteiger partial charge on any atom is -0.459 e. The third-order valence-electron chi connectivity index (χ3n) is 13.1. The highest BCUT2D eigenvalue weighted by atomic mass is 16.7. The Morgan fingerprint density at radius 1 is 0.962 bits per heavy atom. The fraction of sp³-hybridized carbons (Fsp3) is 0.925. The number of fused-ring (bicyclic) bond motifs is 2. The van der Waals surface area contributed by atoms with Gasteiger partial charge >= 0.3 is 5.97 Å². The van der Waals surface area contributed by atoms with E-state index in [-0.39, 0.29) is 30.9 Å². The molecule has 4 N–H and O–H groups in total. The Morgan fingerprint density at radius 3 is 2.19 bits per heavy atom. The van der Waals surface area contributed by atoms with Crippen molar-refractivity contribution in [3.8, 4) is 12.3 Å². The first-order valence-electron chi connectivity index (χ1n) is 19.6. The summed E-state index contributed by atoms with van der Waals surface area (Å²) < 4.78 is 45.5. The second-order valence-corrected chi connectivity index (χ2v) is 17.9. The van der Waals surface area contributed by atoms with Crippen molar-refractivity contribution in [2.75, 3.05) is 27.7 Å². The number of carbonyl (C=O) groups excluding carboxylic acids is 1. The van der Waals surface area contributed by atoms with Crippen molar-refractivity contribution < 1.29 is 62.9 Å². The number of hydrogen-bond donors (Lipinski definition) is 4. The van der Waals surface area contributed by atoms with Crippen LogP contribution in [0.4, 0.5) is 0 Å². The summed E-state index contributed by atoms with van der Waals surface area (Å²) in [5, 5.41) is 46.4. The lowest BCUT2D eigenvalue weighted by Crippen LogP contribution is -2.64. The van der Waals surface area contributed by atoms with Crippen LogP contribution in [0.25, 0.3) is 0 Å². The number of carbonyl (C=O) groups is 1. The Hall–Kier alpha value is -1.41. The average molecular weight is 757 g/mol. The number of ether oxygens (including phenoxy) is 7. The van der Waals surface area contributed by atoms with Gasteiger partial charge in [-0.05, 0) is 66.2 Å². The van der Waals surface area contributed by atoms with E-state index in [0.29, 0.717) is 23.9 Å². The first-order valence-corrected chi connectivity index (χ1v) is 19.6. The van der Waals surface area contributed by atoms with Gasteiger partial charge in [0.15, 0.2) is 18.7 Å². The molecule has 4 aliphatic rings. The lowest BCUT2D eigenvalue weighted by Gasteiger charge is -2.49. The van der Waals surface area contributed by atoms with Gasteiger partial charge < -0.3 is 58.1 Å². The molecule has 4 rings (SSSR count). The van der Waals surface area contributed by atoms with Crippen LogP contribution in [0.3, 0.4) is 0 Å². The SMILES string of the molecule is C#CC[N+](C)(C)C1CC(C)OC(O[C@@H]2C(C)C(OC3CC(C)(OC)C(O)C(C)O3)C(C)C(=O)OC(CC)[C@@](C)(O)[C@H](O)[C@@H](C)C3O[C@@]2(C)C[C@H]3C)C1O. The molecule has 13 unspecified atom stereocenters. The van der Waals surface area contributed by atoms with Crippen LogP contribution in [-0.2, 0) is 38.0 Å². The molecular formula is C40H70NO12+. The van der Waals surface area contributed by atoms with E-state index >= 15 is 0 Å². The molecule has 4 fully saturated rings. The summed E-state index contributed by atoms with van der Waals surface area (Å²) in [4.78, 5) is 14.2. The highest BCUT2D eigenvalue weighted by molar-refractivity contribution is 5.73. The summed E-state index contributed by atoms with van der Waals surface area (Å²) in [5.41, 5.74) is -3.83. The largest absolute Gasteiger partial charge is 0.459 e. The fourth-order valence-electron chi connectivity index (χ4n) is 9.74. The number of esters is 1. The molecule has 53 heavy (non-hydrogen) atoms. The van der Waals surface area contributed by atoms with E-state index in [2.05, 4.69) is 5.92 Å². The maximum Gasteiger partial charge on any atom is 0.311 e. The molecule has 4 heterocycles. The average Bonchev–Trinajstić information content (AvgIpc) is 3.40. The number of methoxy groups -OCH3 is 1. The molecule has 4 saturated heterocycles. The third-order valence-corrected chi connectivity index (χ3v) is 13.1. The van der Waals surface area contributed by atoms with Gasteiger partial charge in [-0.15, -0.1) is 6.42 Å². The van der Waals surface area contributed by atoms with Crippen molar-refractivity contribution in [1.29, 1.82) is 0 Å². The lowest BCUT2D eigenvalue weighted by molar-refractivity contribution is -0.915. The zero-order valence-electron chi connectivity index (χ0n) is 34.4. The molecule has 0 radical (unpaired) electrons. The normalized spacial score (nSPS) is 50.3. The number of quaternary nitrogens is 1. The van der Waals surface area contributed by atoms with Crippen LogP contribution >= 0.6 is 0 Å². The Bertz CT molecular complexity index is 1290. The van der Waals surface area contributed by atoms with Crippen molar-refractivity contribution in [3.63, 3.8) is 0 Å². The number of aliphatic hydroxyl groups excluding tert-OH is 3. The zero-order chi connectivity index (χ0) is 40.0. The molecule has 306 valence electrons. The number of terminal acetylenes is 1. The second-order valence-electron chi connectivity index (χ2n) is 17.9. The van der Waals surface area contributed by atoms with Gasteiger partial charge in [-0.1, -0.05) is 27.7 Å². The Morgan fingerprint density at radius 2 is 1.60 bits per heavy atom. The van der Waals surface area contributed by atoms with E-state index < -0.39 is 102 Å². The van der Waals surface area contributed by atoms with Crippen LogP contribution in [0.5, 0.6) is 0 Å². The van der Waals surface area contributed by atoms with Crippen LogP contribution in [0.2, 0.25) is 0 Å². The van der Waals surface area contributed by atoms with Crippen molar-refractivity contribution in [2.45, 2.75) is 185 Å². The van der Waals surface area contributed by atoms with Gasteiger partial charge in [0.05, 0.1) is 67.8 Å². The Labute approximate surface area is 317 Å². The highest BCUT2D eigenvalue weighted by Gasteiger charge is 2.58. The van der Waals surface area contributed by atoms with E-state index in [4.69, 9.17) is 39.6 Å². The molecule has 0 aromatic heterocycles. The number of rotatable bonds is 8.